The van der Waals surface area contributed by atoms with Crippen molar-refractivity contribution in [3.8, 4) is 0 Å². The normalized spacial score (nSPS) is 18.8. The van der Waals surface area contributed by atoms with Gasteiger partial charge in [-0.3, -0.25) is 25.3 Å². The van der Waals surface area contributed by atoms with Crippen LogP contribution in [-0.4, -0.2) is 62.7 Å². The average molecular weight is 418 g/mol. The lowest BCUT2D eigenvalue weighted by Gasteiger charge is -2.26. The molecule has 3 rings (SSSR count). The van der Waals surface area contributed by atoms with Gasteiger partial charge in [0.1, 0.15) is 0 Å². The van der Waals surface area contributed by atoms with Crippen LogP contribution in [0.5, 0.6) is 0 Å². The van der Waals surface area contributed by atoms with Gasteiger partial charge in [0.2, 0.25) is 5.91 Å². The molecule has 2 aliphatic rings. The molecular weight excluding hydrogens is 394 g/mol. The van der Waals surface area contributed by atoms with Crippen LogP contribution in [0.1, 0.15) is 19.3 Å². The first-order valence-corrected chi connectivity index (χ1v) is 10.1. The molecule has 1 saturated carbocycles. The van der Waals surface area contributed by atoms with E-state index >= 15 is 0 Å². The van der Waals surface area contributed by atoms with Gasteiger partial charge in [0.25, 0.3) is 5.91 Å². The van der Waals surface area contributed by atoms with Gasteiger partial charge in [-0.2, -0.15) is 0 Å². The summed E-state index contributed by atoms with van der Waals surface area (Å²) in [5.74, 6) is -1.03. The molecule has 0 unspecified atom stereocenters. The molecule has 10 heteroatoms. The maximum Gasteiger partial charge on any atom is 0.260 e. The molecule has 0 spiro atoms. The molecule has 1 saturated heterocycles. The second-order valence-electron chi connectivity index (χ2n) is 6.52. The molecule has 1 aliphatic carbocycles. The van der Waals surface area contributed by atoms with Crippen molar-refractivity contribution in [2.75, 3.05) is 32.8 Å². The van der Waals surface area contributed by atoms with Crippen LogP contribution in [0.15, 0.2) is 35.2 Å². The highest BCUT2D eigenvalue weighted by atomic mass is 35.5. The quantitative estimate of drug-likeness (QED) is 0.644. The number of carbonyl (C=O) groups excluding carboxylic acids is 2. The molecule has 27 heavy (non-hydrogen) atoms. The number of hydrogen-bond donors (Lipinski definition) is 2. The number of hydrogen-bond acceptors (Lipinski definition) is 6. The van der Waals surface area contributed by atoms with Crippen LogP contribution in [0, 0.1) is 0 Å². The number of nitrogens with one attached hydrogen (secondary N) is 2. The maximum absolute atomic E-state index is 12.7. The van der Waals surface area contributed by atoms with E-state index in [1.807, 2.05) is 0 Å². The number of amides is 2. The number of carbonyl (C=O) groups is 2. The zero-order valence-electron chi connectivity index (χ0n) is 14.8. The molecule has 2 N–H and O–H groups in total. The highest BCUT2D eigenvalue weighted by Gasteiger charge is 2.61. The predicted octanol–water partition coefficient (Wildman–Crippen LogP) is 0.284. The molecule has 2 fully saturated rings. The van der Waals surface area contributed by atoms with Gasteiger partial charge < -0.3 is 4.74 Å². The zero-order valence-corrected chi connectivity index (χ0v) is 16.5. The van der Waals surface area contributed by atoms with E-state index in [4.69, 9.17) is 4.74 Å². The molecule has 8 nitrogen and oxygen atoms in total. The molecule has 1 heterocycles. The first kappa shape index (κ1) is 21.6. The van der Waals surface area contributed by atoms with Gasteiger partial charge in [0, 0.05) is 26.1 Å². The Morgan fingerprint density at radius 2 is 1.70 bits per heavy atom. The summed E-state index contributed by atoms with van der Waals surface area (Å²) in [7, 11) is -3.79. The lowest BCUT2D eigenvalue weighted by atomic mass is 10.3. The largest absolute Gasteiger partial charge is 0.379 e. The summed E-state index contributed by atoms with van der Waals surface area (Å²) in [6, 6.07) is 7.91. The molecule has 0 radical (unpaired) electrons. The summed E-state index contributed by atoms with van der Waals surface area (Å²) in [5.41, 5.74) is 4.62. The van der Waals surface area contributed by atoms with Gasteiger partial charge in [-0.05, 0) is 25.0 Å². The van der Waals surface area contributed by atoms with Crippen molar-refractivity contribution in [3.63, 3.8) is 0 Å². The third kappa shape index (κ3) is 4.78. The fourth-order valence-electron chi connectivity index (χ4n) is 2.94. The number of nitrogens with zero attached hydrogens (tertiary/aromatic N) is 1. The molecule has 2 amide bonds. The molecule has 1 aromatic rings. The van der Waals surface area contributed by atoms with E-state index in [1.165, 1.54) is 12.1 Å². The van der Waals surface area contributed by atoms with Crippen LogP contribution >= 0.6 is 12.4 Å². The Bertz CT molecular complexity index is 762. The smallest absolute Gasteiger partial charge is 0.260 e. The number of benzene rings is 1. The lowest BCUT2D eigenvalue weighted by Crippen LogP contribution is -2.50. The Hall–Kier alpha value is -1.68. The van der Waals surface area contributed by atoms with Crippen molar-refractivity contribution < 1.29 is 22.7 Å². The van der Waals surface area contributed by atoms with Crippen LogP contribution in [0.4, 0.5) is 0 Å². The van der Waals surface area contributed by atoms with Gasteiger partial charge in [-0.15, -0.1) is 12.4 Å². The Kier molecular flexibility index (Phi) is 7.21. The predicted molar refractivity (Wildman–Crippen MR) is 101 cm³/mol. The summed E-state index contributed by atoms with van der Waals surface area (Å²) >= 11 is 0. The van der Waals surface area contributed by atoms with Crippen molar-refractivity contribution in [1.29, 1.82) is 0 Å². The number of rotatable bonds is 6. The third-order valence-electron chi connectivity index (χ3n) is 4.76. The van der Waals surface area contributed by atoms with E-state index < -0.39 is 20.5 Å². The molecule has 1 aromatic carbocycles. The summed E-state index contributed by atoms with van der Waals surface area (Å²) in [5, 5.41) is 0. The molecule has 150 valence electrons. The minimum atomic E-state index is -3.79. The molecular formula is C17H24ClN3O5S. The van der Waals surface area contributed by atoms with Gasteiger partial charge in [0.05, 0.1) is 18.1 Å². The maximum atomic E-state index is 12.7. The minimum absolute atomic E-state index is 0. The average Bonchev–Trinajstić information content (AvgIpc) is 3.48. The van der Waals surface area contributed by atoms with E-state index in [2.05, 4.69) is 15.8 Å². The molecule has 0 aromatic heterocycles. The SMILES string of the molecule is Cl.O=C(CCN1CCOCC1)NNC(=O)C1(S(=O)(=O)c2ccccc2)CC1. The van der Waals surface area contributed by atoms with Crippen molar-refractivity contribution in [1.82, 2.24) is 15.8 Å². The van der Waals surface area contributed by atoms with Crippen LogP contribution in [0.3, 0.4) is 0 Å². The van der Waals surface area contributed by atoms with Gasteiger partial charge >= 0.3 is 0 Å². The van der Waals surface area contributed by atoms with E-state index in [-0.39, 0.29) is 42.5 Å². The third-order valence-corrected chi connectivity index (χ3v) is 7.28. The van der Waals surface area contributed by atoms with E-state index in [0.717, 1.165) is 13.1 Å². The fraction of sp³-hybridized carbons (Fsp3) is 0.529. The van der Waals surface area contributed by atoms with Crippen molar-refractivity contribution in [2.24, 2.45) is 0 Å². The molecule has 0 bridgehead atoms. The standard InChI is InChI=1S/C17H23N3O5S.ClH/c21-15(6-9-20-10-12-25-13-11-20)18-19-16(22)17(7-8-17)26(23,24)14-4-2-1-3-5-14;/h1-5H,6-13H2,(H,18,21)(H,19,22);1H. The second-order valence-corrected chi connectivity index (χ2v) is 8.78. The number of morpholine rings is 1. The number of hydrazine groups is 1. The highest BCUT2D eigenvalue weighted by Crippen LogP contribution is 2.46. The van der Waals surface area contributed by atoms with E-state index in [1.54, 1.807) is 18.2 Å². The molecule has 1 aliphatic heterocycles. The Morgan fingerprint density at radius 3 is 2.30 bits per heavy atom. The van der Waals surface area contributed by atoms with Gasteiger partial charge in [0.15, 0.2) is 14.6 Å². The van der Waals surface area contributed by atoms with E-state index in [9.17, 15) is 18.0 Å². The lowest BCUT2D eigenvalue weighted by molar-refractivity contribution is -0.129. The first-order valence-electron chi connectivity index (χ1n) is 8.65. The topological polar surface area (TPSA) is 105 Å². The number of sulfone groups is 1. The number of halogens is 1. The fourth-order valence-corrected chi connectivity index (χ4v) is 4.85. The Labute approximate surface area is 164 Å². The van der Waals surface area contributed by atoms with Gasteiger partial charge in [-0.25, -0.2) is 8.42 Å². The monoisotopic (exact) mass is 417 g/mol. The first-order chi connectivity index (χ1) is 12.5. The zero-order chi connectivity index (χ0) is 18.6. The summed E-state index contributed by atoms with van der Waals surface area (Å²) in [6.07, 6.45) is 0.720. The van der Waals surface area contributed by atoms with E-state index in [0.29, 0.717) is 19.8 Å². The van der Waals surface area contributed by atoms with Crippen LogP contribution in [-0.2, 0) is 24.2 Å². The van der Waals surface area contributed by atoms with Crippen molar-refractivity contribution in [3.05, 3.63) is 30.3 Å². The van der Waals surface area contributed by atoms with Crippen molar-refractivity contribution in [2.45, 2.75) is 28.9 Å². The van der Waals surface area contributed by atoms with Gasteiger partial charge in [-0.1, -0.05) is 18.2 Å². The highest BCUT2D eigenvalue weighted by molar-refractivity contribution is 7.94. The summed E-state index contributed by atoms with van der Waals surface area (Å²) < 4.78 is 29.2. The van der Waals surface area contributed by atoms with Crippen molar-refractivity contribution >= 4 is 34.1 Å². The Balaban J connectivity index is 0.00000261. The second kappa shape index (κ2) is 9.01. The van der Waals surface area contributed by atoms with Crippen LogP contribution in [0.25, 0.3) is 0 Å². The summed E-state index contributed by atoms with van der Waals surface area (Å²) in [6.45, 7) is 3.42. The number of ether oxygens (including phenoxy) is 1. The Morgan fingerprint density at radius 1 is 1.07 bits per heavy atom. The molecule has 0 atom stereocenters. The van der Waals surface area contributed by atoms with Crippen LogP contribution < -0.4 is 10.9 Å². The van der Waals surface area contributed by atoms with Crippen LogP contribution in [0.2, 0.25) is 0 Å². The summed E-state index contributed by atoms with van der Waals surface area (Å²) in [4.78, 5) is 26.6. The minimum Gasteiger partial charge on any atom is -0.379 e.